The van der Waals surface area contributed by atoms with Crippen LogP contribution in [0.25, 0.3) is 43.4 Å². The van der Waals surface area contributed by atoms with Crippen molar-refractivity contribution in [2.24, 2.45) is 0 Å². The van der Waals surface area contributed by atoms with Gasteiger partial charge in [-0.3, -0.25) is 38.8 Å². The van der Waals surface area contributed by atoms with Crippen molar-refractivity contribution in [1.29, 1.82) is 0 Å². The highest BCUT2D eigenvalue weighted by atomic mass is 32.2. The molecule has 1 aromatic carbocycles. The van der Waals surface area contributed by atoms with Crippen LogP contribution in [0.3, 0.4) is 0 Å². The third kappa shape index (κ3) is 12.3. The number of rotatable bonds is 10. The van der Waals surface area contributed by atoms with E-state index in [1.54, 1.807) is 70.9 Å². The van der Waals surface area contributed by atoms with Crippen molar-refractivity contribution in [2.45, 2.75) is 45.1 Å². The summed E-state index contributed by atoms with van der Waals surface area (Å²) in [5, 5.41) is 22.0. The molecular weight excluding hydrogens is 1120 g/mol. The number of hydrogen-bond donors (Lipinski definition) is 6. The van der Waals surface area contributed by atoms with Gasteiger partial charge in [-0.15, -0.1) is 56.7 Å². The van der Waals surface area contributed by atoms with Crippen molar-refractivity contribution in [1.82, 2.24) is 56.2 Å². The molecule has 10 bridgehead atoms. The third-order valence-electron chi connectivity index (χ3n) is 10.8. The SMILES string of the molecule is CNC(=O)C[C@@H]1NC(=O)c2csc(n2)-c2ccc(-c3nc(NS(C)(=O)=O)cs3)nc2-c2csc(n2)-c2csc(n2)C([C@@H](OC(C)=O)c2ccccc2)NC(=O)CNC(=O)c2nc(sc2COC)NC(=O)c2nc1sc2C. The number of carbonyl (C=O) groups is 6. The zero-order chi connectivity index (χ0) is 53.8. The predicted molar refractivity (Wildman–Crippen MR) is 288 cm³/mol. The van der Waals surface area contributed by atoms with Gasteiger partial charge in [0.25, 0.3) is 17.7 Å². The zero-order valence-corrected chi connectivity index (χ0v) is 46.0. The number of fused-ring (bicyclic) bond motifs is 14. The summed E-state index contributed by atoms with van der Waals surface area (Å²) in [6.07, 6.45) is -0.307. The number of thiazole rings is 6. The number of aryl methyl sites for hydroxylation is 1. The van der Waals surface area contributed by atoms with Crippen LogP contribution in [-0.4, -0.2) is 106 Å². The average Bonchev–Trinajstić information content (AvgIpc) is 4.28. The van der Waals surface area contributed by atoms with E-state index < -0.39 is 70.3 Å². The summed E-state index contributed by atoms with van der Waals surface area (Å²) in [7, 11) is -0.766. The second-order valence-corrected chi connectivity index (χ2v) is 23.9. The van der Waals surface area contributed by atoms with E-state index in [4.69, 9.17) is 29.4 Å². The molecule has 8 heterocycles. The van der Waals surface area contributed by atoms with Gasteiger partial charge in [0.2, 0.25) is 21.8 Å². The molecule has 6 N–H and O–H groups in total. The Morgan fingerprint density at radius 1 is 0.750 bits per heavy atom. The number of sulfonamides is 1. The molecule has 0 fully saturated rings. The molecule has 1 aliphatic rings. The molecule has 0 aliphatic carbocycles. The summed E-state index contributed by atoms with van der Waals surface area (Å²) in [6.45, 7) is 2.27. The second kappa shape index (κ2) is 22.9. The smallest absolute Gasteiger partial charge is 0.303 e. The lowest BCUT2D eigenvalue weighted by Crippen LogP contribution is -2.41. The lowest BCUT2D eigenvalue weighted by molar-refractivity contribution is -0.149. The van der Waals surface area contributed by atoms with Gasteiger partial charge in [0.05, 0.1) is 42.4 Å². The van der Waals surface area contributed by atoms with Crippen LogP contribution in [-0.2, 0) is 40.5 Å². The van der Waals surface area contributed by atoms with Gasteiger partial charge in [-0.25, -0.2) is 43.3 Å². The van der Waals surface area contributed by atoms with Crippen molar-refractivity contribution >= 4 is 124 Å². The van der Waals surface area contributed by atoms with Gasteiger partial charge in [-0.05, 0) is 24.6 Å². The van der Waals surface area contributed by atoms with Crippen LogP contribution in [0.4, 0.5) is 10.9 Å². The lowest BCUT2D eigenvalue weighted by atomic mass is 10.0. The molecule has 0 saturated heterocycles. The van der Waals surface area contributed by atoms with E-state index in [2.05, 4.69) is 46.3 Å². The minimum Gasteiger partial charge on any atom is -0.455 e. The number of methoxy groups -OCH3 is 1. The number of esters is 1. The molecule has 392 valence electrons. The van der Waals surface area contributed by atoms with Gasteiger partial charge in [-0.2, -0.15) is 0 Å². The normalized spacial score (nSPS) is 15.7. The van der Waals surface area contributed by atoms with Gasteiger partial charge >= 0.3 is 5.97 Å². The van der Waals surface area contributed by atoms with E-state index in [1.165, 1.54) is 43.8 Å². The molecule has 30 heteroatoms. The van der Waals surface area contributed by atoms with Crippen molar-refractivity contribution in [2.75, 3.05) is 37.0 Å². The fourth-order valence-corrected chi connectivity index (χ4v) is 13.2. The minimum absolute atomic E-state index is 0.00130. The Morgan fingerprint density at radius 2 is 1.47 bits per heavy atom. The van der Waals surface area contributed by atoms with Gasteiger partial charge in [0, 0.05) is 53.0 Å². The number of pyridine rings is 1. The Labute approximate surface area is 456 Å². The van der Waals surface area contributed by atoms with E-state index in [9.17, 15) is 37.2 Å². The molecule has 8 aromatic rings. The number of anilines is 2. The van der Waals surface area contributed by atoms with Crippen molar-refractivity contribution in [3.63, 3.8) is 0 Å². The van der Waals surface area contributed by atoms with Crippen LogP contribution < -0.4 is 31.3 Å². The van der Waals surface area contributed by atoms with E-state index in [-0.39, 0.29) is 46.1 Å². The fourth-order valence-electron chi connectivity index (χ4n) is 7.45. The number of nitrogens with one attached hydrogen (secondary N) is 6. The highest BCUT2D eigenvalue weighted by Gasteiger charge is 2.34. The molecule has 0 radical (unpaired) electrons. The second-order valence-electron chi connectivity index (χ2n) is 16.4. The Hall–Kier alpha value is -7.32. The fraction of sp³-hybridized carbons (Fsp3) is 0.239. The Bertz CT molecular complexity index is 3640. The number of amides is 5. The zero-order valence-electron chi connectivity index (χ0n) is 40.3. The Kier molecular flexibility index (Phi) is 16.1. The summed E-state index contributed by atoms with van der Waals surface area (Å²) in [4.78, 5) is 115. The molecular formula is C46H41N13O10S7. The van der Waals surface area contributed by atoms with Crippen LogP contribution in [0.1, 0.15) is 88.3 Å². The monoisotopic (exact) mass is 1160 g/mol. The van der Waals surface area contributed by atoms with E-state index in [1.807, 2.05) is 0 Å². The summed E-state index contributed by atoms with van der Waals surface area (Å²) >= 11 is 6.77. The largest absolute Gasteiger partial charge is 0.455 e. The van der Waals surface area contributed by atoms with Crippen molar-refractivity contribution < 1.29 is 46.7 Å². The topological polar surface area (TPSA) is 317 Å². The quantitative estimate of drug-likeness (QED) is 0.0809. The van der Waals surface area contributed by atoms with Crippen molar-refractivity contribution in [3.05, 3.63) is 106 Å². The maximum Gasteiger partial charge on any atom is 0.303 e. The summed E-state index contributed by atoms with van der Waals surface area (Å²) in [5.74, 6) is -3.70. The van der Waals surface area contributed by atoms with Gasteiger partial charge < -0.3 is 30.7 Å². The van der Waals surface area contributed by atoms with Gasteiger partial charge in [-0.1, -0.05) is 41.7 Å². The predicted octanol–water partition coefficient (Wildman–Crippen LogP) is 6.38. The molecule has 5 amide bonds. The van der Waals surface area contributed by atoms with Crippen LogP contribution >= 0.6 is 68.0 Å². The standard InChI is InChI=1S/C46H41N13O10S7/c1-20-33-40(65)58-46-57-35(29(75-46)15-68-4)39(64)48-14-32(62)55-36(37(69-21(2)60)22-9-7-6-8-10-22)45-53-28(18-72-45)43-51-26(16-71-43)34-23(11-12-24(49-34)42-54-30(19-73-42)59-76(5,66)67)41-52-27(17-70-41)38(63)50-25(13-31(61)47-3)44(56-33)74-20/h6-12,16-19,25,36-37,59H,13-15H2,1-5H3,(H,47,61)(H,48,64)(H,50,63)(H,55,62)(H,57,58,65)/t25-,36?,37-/m0/s1. The molecule has 0 spiro atoms. The van der Waals surface area contributed by atoms with E-state index in [0.29, 0.717) is 63.7 Å². The van der Waals surface area contributed by atoms with Crippen LogP contribution in [0.5, 0.6) is 0 Å². The molecule has 76 heavy (non-hydrogen) atoms. The molecule has 0 saturated carbocycles. The average molecular weight is 1160 g/mol. The van der Waals surface area contributed by atoms with Crippen LogP contribution in [0, 0.1) is 6.92 Å². The molecule has 7 aromatic heterocycles. The minimum atomic E-state index is -3.63. The first-order valence-electron chi connectivity index (χ1n) is 22.3. The molecule has 9 rings (SSSR count). The third-order valence-corrected chi connectivity index (χ3v) is 16.9. The van der Waals surface area contributed by atoms with Gasteiger partial charge in [0.1, 0.15) is 65.2 Å². The maximum atomic E-state index is 14.1. The van der Waals surface area contributed by atoms with Crippen LogP contribution in [0.15, 0.2) is 64.0 Å². The number of carbonyl (C=O) groups excluding carboxylic acids is 6. The molecule has 1 unspecified atom stereocenters. The number of aromatic nitrogens is 7. The Morgan fingerprint density at radius 3 is 2.22 bits per heavy atom. The highest BCUT2D eigenvalue weighted by molar-refractivity contribution is 7.92. The molecule has 23 nitrogen and oxygen atoms in total. The van der Waals surface area contributed by atoms with Crippen LogP contribution in [0.2, 0.25) is 0 Å². The molecule has 1 aliphatic heterocycles. The van der Waals surface area contributed by atoms with E-state index >= 15 is 0 Å². The summed E-state index contributed by atoms with van der Waals surface area (Å²) < 4.78 is 37.6. The first-order valence-corrected chi connectivity index (χ1v) is 29.4. The van der Waals surface area contributed by atoms with Crippen molar-refractivity contribution in [3.8, 4) is 43.4 Å². The number of nitrogens with zero attached hydrogens (tertiary/aromatic N) is 7. The first-order chi connectivity index (χ1) is 36.4. The maximum absolute atomic E-state index is 14.1. The Balaban J connectivity index is 1.15. The van der Waals surface area contributed by atoms with Gasteiger partial charge in [0.15, 0.2) is 17.1 Å². The van der Waals surface area contributed by atoms with E-state index in [0.717, 1.165) is 51.6 Å². The first kappa shape index (κ1) is 53.5. The summed E-state index contributed by atoms with van der Waals surface area (Å²) in [5.41, 5.74) is 2.36. The lowest BCUT2D eigenvalue weighted by Gasteiger charge is -2.26. The highest BCUT2D eigenvalue weighted by Crippen LogP contribution is 2.40. The number of ether oxygens (including phenoxy) is 2. The molecule has 3 atom stereocenters. The number of benzene rings is 1. The number of hydrogen-bond acceptors (Lipinski definition) is 23. The summed E-state index contributed by atoms with van der Waals surface area (Å²) in [6, 6.07) is 10.1.